The van der Waals surface area contributed by atoms with Gasteiger partial charge in [0, 0.05) is 20.0 Å². The Morgan fingerprint density at radius 1 is 1.32 bits per heavy atom. The van der Waals surface area contributed by atoms with Crippen molar-refractivity contribution in [2.45, 2.75) is 13.3 Å². The molecule has 98 valence electrons. The SMILES string of the molecule is Cc1ccc(CCN(C)c2cc(C#N)ccc2N)o1. The quantitative estimate of drug-likeness (QED) is 0.853. The number of hydrogen-bond donors (Lipinski definition) is 1. The van der Waals surface area contributed by atoms with Crippen molar-refractivity contribution in [2.24, 2.45) is 0 Å². The summed E-state index contributed by atoms with van der Waals surface area (Å²) in [5, 5.41) is 8.92. The van der Waals surface area contributed by atoms with Gasteiger partial charge in [-0.15, -0.1) is 0 Å². The van der Waals surface area contributed by atoms with Crippen molar-refractivity contribution in [2.75, 3.05) is 24.2 Å². The molecular weight excluding hydrogens is 238 g/mol. The van der Waals surface area contributed by atoms with Gasteiger partial charge in [0.1, 0.15) is 11.5 Å². The van der Waals surface area contributed by atoms with Crippen LogP contribution in [-0.4, -0.2) is 13.6 Å². The van der Waals surface area contributed by atoms with E-state index in [4.69, 9.17) is 15.4 Å². The monoisotopic (exact) mass is 255 g/mol. The summed E-state index contributed by atoms with van der Waals surface area (Å²) in [4.78, 5) is 2.04. The van der Waals surface area contributed by atoms with Crippen molar-refractivity contribution in [1.29, 1.82) is 5.26 Å². The molecule has 0 bridgehead atoms. The summed E-state index contributed by atoms with van der Waals surface area (Å²) in [6.45, 7) is 2.72. The first-order valence-electron chi connectivity index (χ1n) is 6.16. The molecule has 2 N–H and O–H groups in total. The zero-order valence-corrected chi connectivity index (χ0v) is 11.2. The summed E-state index contributed by atoms with van der Waals surface area (Å²) in [6.07, 6.45) is 0.806. The van der Waals surface area contributed by atoms with Crippen LogP contribution < -0.4 is 10.6 Å². The van der Waals surface area contributed by atoms with E-state index in [-0.39, 0.29) is 0 Å². The number of aryl methyl sites for hydroxylation is 1. The van der Waals surface area contributed by atoms with E-state index in [0.29, 0.717) is 11.3 Å². The minimum atomic E-state index is 0.616. The van der Waals surface area contributed by atoms with Crippen molar-refractivity contribution < 1.29 is 4.42 Å². The molecular formula is C15H17N3O. The van der Waals surface area contributed by atoms with Gasteiger partial charge in [-0.1, -0.05) is 0 Å². The Bertz CT molecular complexity index is 610. The highest BCUT2D eigenvalue weighted by atomic mass is 16.3. The van der Waals surface area contributed by atoms with Crippen LogP contribution in [0.1, 0.15) is 17.1 Å². The molecule has 0 saturated carbocycles. The Kier molecular flexibility index (Phi) is 3.76. The van der Waals surface area contributed by atoms with Gasteiger partial charge >= 0.3 is 0 Å². The fourth-order valence-electron chi connectivity index (χ4n) is 1.96. The van der Waals surface area contributed by atoms with Gasteiger partial charge in [-0.3, -0.25) is 0 Å². The molecule has 0 saturated heterocycles. The van der Waals surface area contributed by atoms with Crippen molar-refractivity contribution in [3.05, 3.63) is 47.4 Å². The summed E-state index contributed by atoms with van der Waals surface area (Å²) >= 11 is 0. The molecule has 0 atom stereocenters. The van der Waals surface area contributed by atoms with Gasteiger partial charge < -0.3 is 15.1 Å². The average molecular weight is 255 g/mol. The van der Waals surface area contributed by atoms with Gasteiger partial charge in [0.15, 0.2) is 0 Å². The van der Waals surface area contributed by atoms with Gasteiger partial charge in [-0.05, 0) is 37.3 Å². The van der Waals surface area contributed by atoms with E-state index in [1.54, 1.807) is 12.1 Å². The Morgan fingerprint density at radius 3 is 2.74 bits per heavy atom. The number of benzene rings is 1. The van der Waals surface area contributed by atoms with Crippen LogP contribution in [0.15, 0.2) is 34.7 Å². The van der Waals surface area contributed by atoms with E-state index in [0.717, 1.165) is 30.2 Å². The summed E-state index contributed by atoms with van der Waals surface area (Å²) in [5.74, 6) is 1.88. The van der Waals surface area contributed by atoms with Gasteiger partial charge in [0.2, 0.25) is 0 Å². The lowest BCUT2D eigenvalue weighted by Gasteiger charge is -2.20. The van der Waals surface area contributed by atoms with E-state index >= 15 is 0 Å². The second-order valence-electron chi connectivity index (χ2n) is 4.57. The predicted molar refractivity (Wildman–Crippen MR) is 76.0 cm³/mol. The largest absolute Gasteiger partial charge is 0.466 e. The molecule has 1 aromatic carbocycles. The van der Waals surface area contributed by atoms with Gasteiger partial charge in [0.25, 0.3) is 0 Å². The first-order valence-corrected chi connectivity index (χ1v) is 6.16. The van der Waals surface area contributed by atoms with Crippen LogP contribution in [0, 0.1) is 18.3 Å². The maximum Gasteiger partial charge on any atom is 0.105 e. The second kappa shape index (κ2) is 5.49. The lowest BCUT2D eigenvalue weighted by atomic mass is 10.1. The predicted octanol–water partition coefficient (Wildman–Crippen LogP) is 2.72. The lowest BCUT2D eigenvalue weighted by Crippen LogP contribution is -2.21. The average Bonchev–Trinajstić information content (AvgIpc) is 2.82. The van der Waals surface area contributed by atoms with E-state index < -0.39 is 0 Å². The maximum atomic E-state index is 8.92. The standard InChI is InChI=1S/C15H17N3O/c1-11-3-5-13(19-11)7-8-18(2)15-9-12(10-16)4-6-14(15)17/h3-6,9H,7-8,17H2,1-2H3. The van der Waals surface area contributed by atoms with Gasteiger partial charge in [-0.2, -0.15) is 5.26 Å². The number of nitrogens with zero attached hydrogens (tertiary/aromatic N) is 2. The summed E-state index contributed by atoms with van der Waals surface area (Å²) in [7, 11) is 1.96. The second-order valence-corrected chi connectivity index (χ2v) is 4.57. The molecule has 0 spiro atoms. The number of hydrogen-bond acceptors (Lipinski definition) is 4. The topological polar surface area (TPSA) is 66.2 Å². The number of nitriles is 1. The third-order valence-electron chi connectivity index (χ3n) is 3.06. The molecule has 2 aromatic rings. The number of furan rings is 1. The van der Waals surface area contributed by atoms with Crippen LogP contribution in [0.25, 0.3) is 0 Å². The van der Waals surface area contributed by atoms with Crippen molar-refractivity contribution in [3.8, 4) is 6.07 Å². The third kappa shape index (κ3) is 3.08. The fourth-order valence-corrected chi connectivity index (χ4v) is 1.96. The molecule has 0 aliphatic rings. The zero-order chi connectivity index (χ0) is 13.8. The highest BCUT2D eigenvalue weighted by molar-refractivity contribution is 5.69. The van der Waals surface area contributed by atoms with E-state index in [2.05, 4.69) is 6.07 Å². The fraction of sp³-hybridized carbons (Fsp3) is 0.267. The van der Waals surface area contributed by atoms with Gasteiger partial charge in [-0.25, -0.2) is 0 Å². The van der Waals surface area contributed by atoms with Gasteiger partial charge in [0.05, 0.1) is 23.0 Å². The molecule has 2 rings (SSSR count). The highest BCUT2D eigenvalue weighted by Crippen LogP contribution is 2.23. The third-order valence-corrected chi connectivity index (χ3v) is 3.06. The molecule has 4 nitrogen and oxygen atoms in total. The summed E-state index contributed by atoms with van der Waals surface area (Å²) in [5.41, 5.74) is 8.11. The number of nitrogens with two attached hydrogens (primary N) is 1. The molecule has 0 aliphatic heterocycles. The Balaban J connectivity index is 2.07. The number of anilines is 2. The Morgan fingerprint density at radius 2 is 2.11 bits per heavy atom. The number of rotatable bonds is 4. The molecule has 0 fully saturated rings. The number of nitrogen functional groups attached to an aromatic ring is 1. The van der Waals surface area contributed by atoms with Crippen LogP contribution in [-0.2, 0) is 6.42 Å². The van der Waals surface area contributed by atoms with Crippen molar-refractivity contribution in [3.63, 3.8) is 0 Å². The van der Waals surface area contributed by atoms with Crippen molar-refractivity contribution >= 4 is 11.4 Å². The molecule has 0 unspecified atom stereocenters. The minimum Gasteiger partial charge on any atom is -0.466 e. The Hall–Kier alpha value is -2.41. The Labute approximate surface area is 113 Å². The van der Waals surface area contributed by atoms with Crippen molar-refractivity contribution in [1.82, 2.24) is 0 Å². The number of likely N-dealkylation sites (N-methyl/N-ethyl adjacent to an activating group) is 1. The molecule has 1 aromatic heterocycles. The first kappa shape index (κ1) is 13.0. The van der Waals surface area contributed by atoms with Crippen LogP contribution >= 0.6 is 0 Å². The van der Waals surface area contributed by atoms with Crippen LogP contribution in [0.5, 0.6) is 0 Å². The van der Waals surface area contributed by atoms with Crippen LogP contribution in [0.2, 0.25) is 0 Å². The summed E-state index contributed by atoms with van der Waals surface area (Å²) < 4.78 is 5.53. The minimum absolute atomic E-state index is 0.616. The first-order chi connectivity index (χ1) is 9.10. The normalized spacial score (nSPS) is 10.2. The molecule has 0 aliphatic carbocycles. The van der Waals surface area contributed by atoms with Crippen LogP contribution in [0.4, 0.5) is 11.4 Å². The van der Waals surface area contributed by atoms with E-state index in [1.807, 2.05) is 37.1 Å². The lowest BCUT2D eigenvalue weighted by molar-refractivity contribution is 0.483. The molecule has 1 heterocycles. The van der Waals surface area contributed by atoms with E-state index in [9.17, 15) is 0 Å². The highest BCUT2D eigenvalue weighted by Gasteiger charge is 2.08. The molecule has 0 radical (unpaired) electrons. The molecule has 0 amide bonds. The summed E-state index contributed by atoms with van der Waals surface area (Å²) in [6, 6.07) is 11.4. The zero-order valence-electron chi connectivity index (χ0n) is 11.2. The maximum absolute atomic E-state index is 8.92. The molecule has 4 heteroatoms. The van der Waals surface area contributed by atoms with Crippen LogP contribution in [0.3, 0.4) is 0 Å². The smallest absolute Gasteiger partial charge is 0.105 e. The molecule has 19 heavy (non-hydrogen) atoms. The van der Waals surface area contributed by atoms with E-state index in [1.165, 1.54) is 0 Å².